The second-order valence-corrected chi connectivity index (χ2v) is 6.42. The van der Waals surface area contributed by atoms with Crippen LogP contribution in [0.3, 0.4) is 0 Å². The molecule has 0 spiro atoms. The molecule has 110 valence electrons. The number of nitrogens with zero attached hydrogens (tertiary/aromatic N) is 1. The lowest BCUT2D eigenvalue weighted by molar-refractivity contribution is -0.135. The molecule has 1 amide bonds. The minimum atomic E-state index is -0.324. The van der Waals surface area contributed by atoms with Crippen LogP contribution in [0.4, 0.5) is 4.39 Å². The third kappa shape index (κ3) is 3.04. The van der Waals surface area contributed by atoms with Gasteiger partial charge in [-0.25, -0.2) is 4.39 Å². The van der Waals surface area contributed by atoms with Gasteiger partial charge in [0.1, 0.15) is 5.82 Å². The molecule has 0 radical (unpaired) electrons. The third-order valence-corrected chi connectivity index (χ3v) is 4.41. The van der Waals surface area contributed by atoms with E-state index in [1.165, 1.54) is 6.07 Å². The van der Waals surface area contributed by atoms with Crippen LogP contribution in [0.2, 0.25) is 0 Å². The summed E-state index contributed by atoms with van der Waals surface area (Å²) in [5.41, 5.74) is 7.03. The van der Waals surface area contributed by atoms with Crippen LogP contribution < -0.4 is 5.73 Å². The van der Waals surface area contributed by atoms with E-state index in [1.807, 2.05) is 19.9 Å². The largest absolute Gasteiger partial charge is 0.332 e. The van der Waals surface area contributed by atoms with Crippen molar-refractivity contribution in [2.75, 3.05) is 0 Å². The summed E-state index contributed by atoms with van der Waals surface area (Å²) < 4.78 is 14.2. The number of hydrogen-bond donors (Lipinski definition) is 1. The fourth-order valence-corrected chi connectivity index (χ4v) is 3.10. The summed E-state index contributed by atoms with van der Waals surface area (Å²) in [6.07, 6.45) is 2.08. The molecule has 1 heterocycles. The Labute approximate surface area is 127 Å². The third-order valence-electron chi connectivity index (χ3n) is 3.76. The molecule has 2 rings (SSSR count). The molecule has 1 aliphatic heterocycles. The first-order chi connectivity index (χ1) is 9.41. The van der Waals surface area contributed by atoms with Gasteiger partial charge in [-0.3, -0.25) is 4.79 Å². The van der Waals surface area contributed by atoms with Gasteiger partial charge in [-0.15, -0.1) is 0 Å². The molecule has 5 heteroatoms. The normalized spacial score (nSPS) is 24.1. The lowest BCUT2D eigenvalue weighted by Gasteiger charge is -2.37. The lowest BCUT2D eigenvalue weighted by Crippen LogP contribution is -2.45. The van der Waals surface area contributed by atoms with Crippen LogP contribution in [0.15, 0.2) is 22.7 Å². The number of rotatable bonds is 2. The van der Waals surface area contributed by atoms with Crippen molar-refractivity contribution in [1.82, 2.24) is 4.90 Å². The van der Waals surface area contributed by atoms with E-state index in [-0.39, 0.29) is 29.8 Å². The number of carbonyl (C=O) groups is 1. The monoisotopic (exact) mass is 342 g/mol. The quantitative estimate of drug-likeness (QED) is 0.895. The van der Waals surface area contributed by atoms with Crippen LogP contribution in [0.25, 0.3) is 0 Å². The van der Waals surface area contributed by atoms with Crippen LogP contribution in [0.1, 0.15) is 44.7 Å². The molecule has 1 aromatic rings. The Kier molecular flexibility index (Phi) is 4.81. The first kappa shape index (κ1) is 15.4. The van der Waals surface area contributed by atoms with Crippen LogP contribution >= 0.6 is 15.9 Å². The van der Waals surface area contributed by atoms with Crippen LogP contribution in [-0.4, -0.2) is 22.9 Å². The van der Waals surface area contributed by atoms with Gasteiger partial charge in [0.05, 0.1) is 10.5 Å². The van der Waals surface area contributed by atoms with Crippen LogP contribution in [0.5, 0.6) is 0 Å². The van der Waals surface area contributed by atoms with Crippen molar-refractivity contribution < 1.29 is 9.18 Å². The molecule has 2 N–H and O–H groups in total. The summed E-state index contributed by atoms with van der Waals surface area (Å²) in [7, 11) is 0. The average Bonchev–Trinajstić information content (AvgIpc) is 2.52. The highest BCUT2D eigenvalue weighted by Crippen LogP contribution is 2.33. The van der Waals surface area contributed by atoms with Crippen molar-refractivity contribution >= 4 is 21.8 Å². The maximum atomic E-state index is 13.8. The van der Waals surface area contributed by atoms with Crippen LogP contribution in [-0.2, 0) is 4.79 Å². The fraction of sp³-hybridized carbons (Fsp3) is 0.533. The van der Waals surface area contributed by atoms with Crippen molar-refractivity contribution in [1.29, 1.82) is 0 Å². The average molecular weight is 343 g/mol. The molecule has 2 unspecified atom stereocenters. The van der Waals surface area contributed by atoms with Gasteiger partial charge in [-0.2, -0.15) is 0 Å². The van der Waals surface area contributed by atoms with Gasteiger partial charge in [-0.1, -0.05) is 6.07 Å². The zero-order valence-corrected chi connectivity index (χ0v) is 13.4. The predicted molar refractivity (Wildman–Crippen MR) is 80.6 cm³/mol. The molecule has 0 saturated carbocycles. The second-order valence-electron chi connectivity index (χ2n) is 5.57. The number of likely N-dealkylation sites (tertiary alicyclic amines) is 1. The minimum Gasteiger partial charge on any atom is -0.332 e. The SMILES string of the molecule is CC(C)N1C(=O)CCCC(N)C1c1ccc(Br)c(F)c1. The Morgan fingerprint density at radius 1 is 1.45 bits per heavy atom. The van der Waals surface area contributed by atoms with E-state index in [1.54, 1.807) is 11.0 Å². The number of amides is 1. The van der Waals surface area contributed by atoms with Crippen molar-refractivity contribution in [3.63, 3.8) is 0 Å². The van der Waals surface area contributed by atoms with Gasteiger partial charge in [0.2, 0.25) is 5.91 Å². The number of nitrogens with two attached hydrogens (primary N) is 1. The molecule has 0 aromatic heterocycles. The lowest BCUT2D eigenvalue weighted by atomic mass is 9.95. The highest BCUT2D eigenvalue weighted by molar-refractivity contribution is 9.10. The molecular formula is C15H20BrFN2O. The molecule has 1 fully saturated rings. The fourth-order valence-electron chi connectivity index (χ4n) is 2.85. The number of carbonyl (C=O) groups excluding carboxylic acids is 1. The molecule has 1 saturated heterocycles. The van der Waals surface area contributed by atoms with Gasteiger partial charge >= 0.3 is 0 Å². The summed E-state index contributed by atoms with van der Waals surface area (Å²) in [5, 5.41) is 0. The number of hydrogen-bond acceptors (Lipinski definition) is 2. The van der Waals surface area contributed by atoms with Crippen molar-refractivity contribution in [3.8, 4) is 0 Å². The Bertz CT molecular complexity index is 507. The summed E-state index contributed by atoms with van der Waals surface area (Å²) >= 11 is 3.15. The molecule has 2 atom stereocenters. The molecule has 0 bridgehead atoms. The molecular weight excluding hydrogens is 323 g/mol. The summed E-state index contributed by atoms with van der Waals surface area (Å²) in [4.78, 5) is 14.1. The maximum absolute atomic E-state index is 13.8. The van der Waals surface area contributed by atoms with Gasteiger partial charge in [0.15, 0.2) is 0 Å². The van der Waals surface area contributed by atoms with E-state index < -0.39 is 0 Å². The van der Waals surface area contributed by atoms with E-state index in [0.29, 0.717) is 10.9 Å². The Balaban J connectivity index is 2.45. The van der Waals surface area contributed by atoms with E-state index in [2.05, 4.69) is 15.9 Å². The Hall–Kier alpha value is -0.940. The zero-order valence-electron chi connectivity index (χ0n) is 11.8. The van der Waals surface area contributed by atoms with E-state index in [0.717, 1.165) is 18.4 Å². The highest BCUT2D eigenvalue weighted by atomic mass is 79.9. The molecule has 3 nitrogen and oxygen atoms in total. The first-order valence-corrected chi connectivity index (χ1v) is 7.72. The minimum absolute atomic E-state index is 0.0448. The smallest absolute Gasteiger partial charge is 0.223 e. The topological polar surface area (TPSA) is 46.3 Å². The van der Waals surface area contributed by atoms with Crippen molar-refractivity contribution in [2.45, 2.75) is 51.2 Å². The highest BCUT2D eigenvalue weighted by Gasteiger charge is 2.34. The van der Waals surface area contributed by atoms with Gasteiger partial charge in [0, 0.05) is 18.5 Å². The maximum Gasteiger partial charge on any atom is 0.223 e. The van der Waals surface area contributed by atoms with E-state index in [4.69, 9.17) is 5.73 Å². The summed E-state index contributed by atoms with van der Waals surface area (Å²) in [6.45, 7) is 3.94. The molecule has 1 aromatic carbocycles. The Morgan fingerprint density at radius 3 is 2.75 bits per heavy atom. The van der Waals surface area contributed by atoms with E-state index >= 15 is 0 Å². The van der Waals surface area contributed by atoms with Crippen molar-refractivity contribution in [3.05, 3.63) is 34.1 Å². The van der Waals surface area contributed by atoms with Gasteiger partial charge < -0.3 is 10.6 Å². The standard InChI is InChI=1S/C15H20BrFN2O/c1-9(2)19-14(20)5-3-4-13(18)15(19)10-6-7-11(16)12(17)8-10/h6-9,13,15H,3-5,18H2,1-2H3. The Morgan fingerprint density at radius 2 is 2.15 bits per heavy atom. The molecule has 20 heavy (non-hydrogen) atoms. The molecule has 0 aliphatic carbocycles. The number of halogens is 2. The molecule has 1 aliphatic rings. The van der Waals surface area contributed by atoms with Crippen molar-refractivity contribution in [2.24, 2.45) is 5.73 Å². The first-order valence-electron chi connectivity index (χ1n) is 6.93. The second kappa shape index (κ2) is 6.22. The van der Waals surface area contributed by atoms with E-state index in [9.17, 15) is 9.18 Å². The van der Waals surface area contributed by atoms with Gasteiger partial charge in [-0.05, 0) is 60.3 Å². The van der Waals surface area contributed by atoms with Crippen LogP contribution in [0, 0.1) is 5.82 Å². The van der Waals surface area contributed by atoms with Gasteiger partial charge in [0.25, 0.3) is 0 Å². The number of benzene rings is 1. The summed E-state index contributed by atoms with van der Waals surface area (Å²) in [5.74, 6) is -0.226. The summed E-state index contributed by atoms with van der Waals surface area (Å²) in [6, 6.07) is 4.61. The zero-order chi connectivity index (χ0) is 14.9. The predicted octanol–water partition coefficient (Wildman–Crippen LogP) is 3.38.